The Balaban J connectivity index is 1.78. The number of hydrogen-bond acceptors (Lipinski definition) is 8. The fraction of sp³-hybridized carbons (Fsp3) is 0.600. The minimum Gasteiger partial charge on any atom is -0.486 e. The number of aliphatic hydroxyl groups excluding tert-OH is 1. The first-order valence-electron chi connectivity index (χ1n) is 10.0. The van der Waals surface area contributed by atoms with E-state index >= 15 is 0 Å². The number of sulfonamides is 1. The molecule has 0 aliphatic carbocycles. The number of nitrogens with zero attached hydrogens (tertiary/aromatic N) is 1. The number of ether oxygens (including phenoxy) is 3. The van der Waals surface area contributed by atoms with Crippen LogP contribution in [-0.2, 0) is 24.3 Å². The number of amides is 1. The molecule has 1 aromatic rings. The van der Waals surface area contributed by atoms with Crippen LogP contribution in [0.5, 0.6) is 11.5 Å². The van der Waals surface area contributed by atoms with Gasteiger partial charge in [0, 0.05) is 24.6 Å². The Morgan fingerprint density at radius 1 is 1.23 bits per heavy atom. The van der Waals surface area contributed by atoms with Crippen molar-refractivity contribution in [3.8, 4) is 11.5 Å². The maximum Gasteiger partial charge on any atom is 0.325 e. The highest BCUT2D eigenvalue weighted by Gasteiger charge is 2.45. The van der Waals surface area contributed by atoms with Crippen LogP contribution in [0.2, 0.25) is 0 Å². The average molecular weight is 457 g/mol. The molecule has 1 amide bonds. The molecule has 0 saturated carbocycles. The third-order valence-electron chi connectivity index (χ3n) is 4.79. The van der Waals surface area contributed by atoms with Crippen molar-refractivity contribution in [1.29, 1.82) is 0 Å². The number of fused-ring (bicyclic) bond motifs is 1. The van der Waals surface area contributed by atoms with Gasteiger partial charge in [0.25, 0.3) is 5.91 Å². The van der Waals surface area contributed by atoms with E-state index < -0.39 is 45.7 Å². The highest BCUT2D eigenvalue weighted by molar-refractivity contribution is 7.89. The molecule has 0 spiro atoms. The molecule has 0 aromatic heterocycles. The number of hydrogen-bond donors (Lipinski definition) is 2. The van der Waals surface area contributed by atoms with Crippen molar-refractivity contribution in [3.63, 3.8) is 0 Å². The second-order valence-electron chi connectivity index (χ2n) is 8.60. The van der Waals surface area contributed by atoms with E-state index in [1.165, 1.54) is 25.1 Å². The number of β-amino-alcohol motifs (C(OH)–C–C–N with tert-alkyl or cyclic N) is 1. The number of rotatable bonds is 5. The Kier molecular flexibility index (Phi) is 6.49. The molecule has 3 rings (SSSR count). The Bertz CT molecular complexity index is 956. The van der Waals surface area contributed by atoms with Crippen molar-refractivity contribution in [2.24, 2.45) is 0 Å². The Labute approximate surface area is 181 Å². The smallest absolute Gasteiger partial charge is 0.325 e. The van der Waals surface area contributed by atoms with Crippen molar-refractivity contribution < 1.29 is 37.3 Å². The average Bonchev–Trinajstić information content (AvgIpc) is 3.09. The number of aliphatic hydroxyl groups is 1. The zero-order chi connectivity index (χ0) is 23.0. The van der Waals surface area contributed by atoms with E-state index in [9.17, 15) is 23.1 Å². The van der Waals surface area contributed by atoms with Crippen molar-refractivity contribution in [2.75, 3.05) is 19.8 Å². The molecular weight excluding hydrogens is 428 g/mol. The highest BCUT2D eigenvalue weighted by atomic mass is 32.2. The van der Waals surface area contributed by atoms with Gasteiger partial charge in [-0.15, -0.1) is 0 Å². The lowest BCUT2D eigenvalue weighted by Crippen LogP contribution is -2.48. The summed E-state index contributed by atoms with van der Waals surface area (Å²) in [7, 11) is -4.15. The summed E-state index contributed by atoms with van der Waals surface area (Å²) in [6.07, 6.45) is -2.29. The zero-order valence-corrected chi connectivity index (χ0v) is 18.8. The molecule has 1 fully saturated rings. The van der Waals surface area contributed by atoms with E-state index in [1.54, 1.807) is 20.8 Å². The summed E-state index contributed by atoms with van der Waals surface area (Å²) in [4.78, 5) is 24.8. The molecule has 11 heteroatoms. The summed E-state index contributed by atoms with van der Waals surface area (Å²) in [5, 5.41) is 12.8. The van der Waals surface area contributed by atoms with E-state index in [0.717, 1.165) is 4.31 Å². The predicted molar refractivity (Wildman–Crippen MR) is 109 cm³/mol. The summed E-state index contributed by atoms with van der Waals surface area (Å²) < 4.78 is 43.4. The normalized spacial score (nSPS) is 22.6. The fourth-order valence-electron chi connectivity index (χ4n) is 3.36. The van der Waals surface area contributed by atoms with Gasteiger partial charge < -0.3 is 24.6 Å². The van der Waals surface area contributed by atoms with Gasteiger partial charge in [-0.2, -0.15) is 4.31 Å². The van der Waals surface area contributed by atoms with Crippen LogP contribution in [0, 0.1) is 0 Å². The molecule has 0 unspecified atom stereocenters. The van der Waals surface area contributed by atoms with Crippen molar-refractivity contribution in [3.05, 3.63) is 18.2 Å². The molecule has 3 atom stereocenters. The first kappa shape index (κ1) is 23.3. The van der Waals surface area contributed by atoms with Gasteiger partial charge in [0.1, 0.15) is 19.3 Å². The van der Waals surface area contributed by atoms with Gasteiger partial charge in [0.05, 0.1) is 11.0 Å². The number of carbonyl (C=O) groups is 2. The molecule has 1 aromatic carbocycles. The van der Waals surface area contributed by atoms with Crippen LogP contribution in [0.1, 0.15) is 34.1 Å². The third-order valence-corrected chi connectivity index (χ3v) is 6.66. The van der Waals surface area contributed by atoms with Crippen LogP contribution in [0.4, 0.5) is 0 Å². The second kappa shape index (κ2) is 8.64. The monoisotopic (exact) mass is 456 g/mol. The predicted octanol–water partition coefficient (Wildman–Crippen LogP) is 0.428. The Morgan fingerprint density at radius 2 is 1.87 bits per heavy atom. The van der Waals surface area contributed by atoms with E-state index in [0.29, 0.717) is 24.7 Å². The van der Waals surface area contributed by atoms with Crippen LogP contribution in [0.25, 0.3) is 0 Å². The maximum atomic E-state index is 13.2. The van der Waals surface area contributed by atoms with Gasteiger partial charge in [-0.3, -0.25) is 9.59 Å². The van der Waals surface area contributed by atoms with Gasteiger partial charge in [-0.1, -0.05) is 0 Å². The first-order valence-corrected chi connectivity index (χ1v) is 11.4. The number of benzene rings is 1. The molecule has 2 heterocycles. The van der Waals surface area contributed by atoms with Crippen molar-refractivity contribution in [1.82, 2.24) is 9.62 Å². The lowest BCUT2D eigenvalue weighted by molar-refractivity contribution is -0.158. The van der Waals surface area contributed by atoms with Crippen LogP contribution in [0.3, 0.4) is 0 Å². The van der Waals surface area contributed by atoms with E-state index in [4.69, 9.17) is 14.2 Å². The number of esters is 1. The number of carbonyl (C=O) groups excluding carboxylic acids is 2. The molecule has 2 N–H and O–H groups in total. The number of nitrogens with one attached hydrogen (secondary N) is 1. The first-order chi connectivity index (χ1) is 14.4. The van der Waals surface area contributed by atoms with Crippen LogP contribution >= 0.6 is 0 Å². The third kappa shape index (κ3) is 5.28. The molecule has 2 aliphatic heterocycles. The Hall–Kier alpha value is -2.37. The topological polar surface area (TPSA) is 131 Å². The fourth-order valence-corrected chi connectivity index (χ4v) is 5.00. The molecule has 0 bridgehead atoms. The summed E-state index contributed by atoms with van der Waals surface area (Å²) in [6, 6.07) is 2.92. The minimum absolute atomic E-state index is 0.0952. The second-order valence-corrected chi connectivity index (χ2v) is 10.5. The molecular formula is C20H28N2O8S. The van der Waals surface area contributed by atoms with E-state index in [-0.39, 0.29) is 17.9 Å². The molecule has 0 radical (unpaired) electrons. The summed E-state index contributed by atoms with van der Waals surface area (Å²) in [5.41, 5.74) is -0.519. The largest absolute Gasteiger partial charge is 0.486 e. The van der Waals surface area contributed by atoms with E-state index in [2.05, 4.69) is 5.32 Å². The lowest BCUT2D eigenvalue weighted by Gasteiger charge is -2.26. The molecule has 1 saturated heterocycles. The Morgan fingerprint density at radius 3 is 2.52 bits per heavy atom. The maximum absolute atomic E-state index is 13.2. The zero-order valence-electron chi connectivity index (χ0n) is 18.0. The van der Waals surface area contributed by atoms with Crippen molar-refractivity contribution >= 4 is 21.9 Å². The van der Waals surface area contributed by atoms with Gasteiger partial charge in [-0.05, 0) is 39.8 Å². The van der Waals surface area contributed by atoms with Gasteiger partial charge >= 0.3 is 5.97 Å². The summed E-state index contributed by atoms with van der Waals surface area (Å²) in [5.74, 6) is -0.671. The molecule has 2 aliphatic rings. The highest BCUT2D eigenvalue weighted by Crippen LogP contribution is 2.35. The standard InChI is InChI=1S/C20H28N2O8S/c1-12(18(24)21-20(2,3)4)30-19(25)15-9-13(23)11-22(15)31(26,27)14-5-6-16-17(10-14)29-8-7-28-16/h5-6,10,12-13,15,23H,7-9,11H2,1-4H3,(H,21,24)/t12-,13+,15+/m0/s1. The van der Waals surface area contributed by atoms with Crippen LogP contribution < -0.4 is 14.8 Å². The minimum atomic E-state index is -4.15. The molecule has 172 valence electrons. The van der Waals surface area contributed by atoms with E-state index in [1.807, 2.05) is 0 Å². The van der Waals surface area contributed by atoms with Gasteiger partial charge in [0.2, 0.25) is 10.0 Å². The lowest BCUT2D eigenvalue weighted by atomic mass is 10.1. The van der Waals surface area contributed by atoms with Crippen LogP contribution in [0.15, 0.2) is 23.1 Å². The SMILES string of the molecule is C[C@H](OC(=O)[C@H]1C[C@@H](O)CN1S(=O)(=O)c1ccc2c(c1)OCCO2)C(=O)NC(C)(C)C. The van der Waals surface area contributed by atoms with Gasteiger partial charge in [-0.25, -0.2) is 8.42 Å². The molecule has 31 heavy (non-hydrogen) atoms. The van der Waals surface area contributed by atoms with Crippen LogP contribution in [-0.4, -0.2) is 73.3 Å². The summed E-state index contributed by atoms with van der Waals surface area (Å²) >= 11 is 0. The quantitative estimate of drug-likeness (QED) is 0.610. The van der Waals surface area contributed by atoms with Gasteiger partial charge in [0.15, 0.2) is 17.6 Å². The van der Waals surface area contributed by atoms with Crippen molar-refractivity contribution in [2.45, 2.75) is 62.8 Å². The molecule has 10 nitrogen and oxygen atoms in total. The summed E-state index contributed by atoms with van der Waals surface area (Å²) in [6.45, 7) is 7.16.